The summed E-state index contributed by atoms with van der Waals surface area (Å²) >= 11 is 12.7. The summed E-state index contributed by atoms with van der Waals surface area (Å²) < 4.78 is 6.25. The third-order valence-corrected chi connectivity index (χ3v) is 9.11. The maximum absolute atomic E-state index is 14.9. The molecule has 1 N–H and O–H groups in total. The molecule has 0 saturated carbocycles. The highest BCUT2D eigenvalue weighted by Gasteiger charge is 2.45. The van der Waals surface area contributed by atoms with Crippen molar-refractivity contribution in [3.8, 4) is 5.75 Å². The van der Waals surface area contributed by atoms with Crippen LogP contribution in [0.15, 0.2) is 71.7 Å². The summed E-state index contributed by atoms with van der Waals surface area (Å²) in [5.74, 6) is 1.21. The molecule has 0 radical (unpaired) electrons. The summed E-state index contributed by atoms with van der Waals surface area (Å²) in [6, 6.07) is 20.4. The van der Waals surface area contributed by atoms with E-state index in [-0.39, 0.29) is 42.7 Å². The molecule has 8 nitrogen and oxygen atoms in total. The number of ether oxygens (including phenoxy) is 1. The highest BCUT2D eigenvalue weighted by molar-refractivity contribution is 6.30. The molecule has 2 aliphatic heterocycles. The minimum atomic E-state index is -0.460. The fourth-order valence-corrected chi connectivity index (χ4v) is 6.47. The molecule has 0 spiro atoms. The maximum Gasteiger partial charge on any atom is 0.326 e. The number of rotatable bonds is 7. The van der Waals surface area contributed by atoms with Gasteiger partial charge in [-0.3, -0.25) is 19.6 Å². The van der Waals surface area contributed by atoms with Crippen LogP contribution in [-0.2, 0) is 10.2 Å². The van der Waals surface area contributed by atoms with E-state index >= 15 is 0 Å². The molecular weight excluding hydrogens is 693 g/mol. The molecule has 50 heavy (non-hydrogen) atoms. The molecule has 0 unspecified atom stereocenters. The minimum absolute atomic E-state index is 0. The molecule has 1 saturated heterocycles. The molecule has 2 atom stereocenters. The van der Waals surface area contributed by atoms with Gasteiger partial charge in [-0.15, -0.1) is 12.4 Å². The number of carbonyl (C=O) groups excluding carboxylic acids is 2. The van der Waals surface area contributed by atoms with Crippen molar-refractivity contribution in [2.45, 2.75) is 78.9 Å². The standard InChI is InChI=1S/C38H47Cl2N5O3.CH4.ClH/c1-8-48-31-23-27(37(2,3)4)13-18-30(31)35-41-33(25-9-14-28(39)15-10-25)34(26-11-16-29(40)17-12-26)45(35)36(47)44-21-19-43(20-22-44)24-32(46)42-38(5,6)7;;/h9-18,23,33-34H,8,19-22,24H2,1-7H3,(H,42,46);1H4;1H/t33-,34+;;/m0../s1. The van der Waals surface area contributed by atoms with Gasteiger partial charge < -0.3 is 15.0 Å². The zero-order valence-corrected chi connectivity index (χ0v) is 31.8. The van der Waals surface area contributed by atoms with Crippen LogP contribution < -0.4 is 10.1 Å². The van der Waals surface area contributed by atoms with Crippen LogP contribution in [0.25, 0.3) is 0 Å². The van der Waals surface area contributed by atoms with E-state index in [4.69, 9.17) is 32.9 Å². The number of carbonyl (C=O) groups is 2. The highest BCUT2D eigenvalue weighted by Crippen LogP contribution is 2.46. The molecular formula is C39H52Cl3N5O3. The smallest absolute Gasteiger partial charge is 0.326 e. The summed E-state index contributed by atoms with van der Waals surface area (Å²) in [7, 11) is 0. The predicted octanol–water partition coefficient (Wildman–Crippen LogP) is 8.94. The number of hydrogen-bond acceptors (Lipinski definition) is 5. The van der Waals surface area contributed by atoms with Crippen LogP contribution in [0.5, 0.6) is 5.75 Å². The predicted molar refractivity (Wildman–Crippen MR) is 208 cm³/mol. The fraction of sp³-hybridized carbons (Fsp3) is 0.462. The van der Waals surface area contributed by atoms with E-state index in [1.807, 2.05) is 92.1 Å². The Morgan fingerprint density at radius 3 is 1.94 bits per heavy atom. The van der Waals surface area contributed by atoms with Crippen molar-refractivity contribution in [3.05, 3.63) is 99.0 Å². The van der Waals surface area contributed by atoms with Gasteiger partial charge in [-0.2, -0.15) is 0 Å². The highest BCUT2D eigenvalue weighted by atomic mass is 35.5. The monoisotopic (exact) mass is 743 g/mol. The number of amidine groups is 1. The second-order valence-corrected chi connectivity index (χ2v) is 15.4. The van der Waals surface area contributed by atoms with Gasteiger partial charge in [0.2, 0.25) is 5.91 Å². The number of benzene rings is 3. The Balaban J connectivity index is 0.00000338. The van der Waals surface area contributed by atoms with Gasteiger partial charge >= 0.3 is 6.03 Å². The molecule has 3 amide bonds. The van der Waals surface area contributed by atoms with Crippen LogP contribution >= 0.6 is 35.6 Å². The number of nitrogens with one attached hydrogen (secondary N) is 1. The average molecular weight is 745 g/mol. The zero-order valence-electron chi connectivity index (χ0n) is 29.4. The second kappa shape index (κ2) is 16.8. The zero-order chi connectivity index (χ0) is 34.8. The molecule has 3 aromatic rings. The van der Waals surface area contributed by atoms with Gasteiger partial charge in [-0.1, -0.05) is 81.7 Å². The molecule has 5 rings (SSSR count). The molecule has 11 heteroatoms. The molecule has 2 aliphatic rings. The quantitative estimate of drug-likeness (QED) is 0.262. The van der Waals surface area contributed by atoms with Gasteiger partial charge in [0.1, 0.15) is 17.6 Å². The van der Waals surface area contributed by atoms with E-state index in [1.54, 1.807) is 0 Å². The van der Waals surface area contributed by atoms with E-state index in [2.05, 4.69) is 43.1 Å². The first-order chi connectivity index (χ1) is 22.6. The van der Waals surface area contributed by atoms with E-state index in [0.717, 1.165) is 22.3 Å². The van der Waals surface area contributed by atoms with Crippen molar-refractivity contribution < 1.29 is 14.3 Å². The third-order valence-electron chi connectivity index (χ3n) is 8.61. The van der Waals surface area contributed by atoms with E-state index in [9.17, 15) is 9.59 Å². The van der Waals surface area contributed by atoms with Gasteiger partial charge in [-0.25, -0.2) is 4.79 Å². The SMILES string of the molecule is C.CCOc1cc(C(C)(C)C)ccc1C1=N[C@@H](c2ccc(Cl)cc2)[C@@H](c2ccc(Cl)cc2)N1C(=O)N1CCN(CC(=O)NC(C)(C)C)CC1.Cl. The largest absolute Gasteiger partial charge is 0.493 e. The van der Waals surface area contributed by atoms with Crippen molar-refractivity contribution in [2.75, 3.05) is 39.3 Å². The summed E-state index contributed by atoms with van der Waals surface area (Å²) in [5, 5.41) is 4.27. The Hall–Kier alpha value is -3.30. The van der Waals surface area contributed by atoms with Crippen LogP contribution in [0.2, 0.25) is 10.0 Å². The first-order valence-corrected chi connectivity index (χ1v) is 17.4. The van der Waals surface area contributed by atoms with E-state index < -0.39 is 12.1 Å². The summed E-state index contributed by atoms with van der Waals surface area (Å²) in [6.07, 6.45) is 0. The van der Waals surface area contributed by atoms with E-state index in [0.29, 0.717) is 61.0 Å². The summed E-state index contributed by atoms with van der Waals surface area (Å²) in [5.41, 5.74) is 3.33. The Kier molecular flexibility index (Phi) is 13.8. The summed E-state index contributed by atoms with van der Waals surface area (Å²) in [4.78, 5) is 38.6. The van der Waals surface area contributed by atoms with Gasteiger partial charge in [0.05, 0.1) is 24.8 Å². The molecule has 2 heterocycles. The lowest BCUT2D eigenvalue weighted by molar-refractivity contribution is -0.124. The first-order valence-electron chi connectivity index (χ1n) is 16.6. The van der Waals surface area contributed by atoms with Crippen molar-refractivity contribution in [1.29, 1.82) is 0 Å². The first kappa shape index (κ1) is 41.1. The number of hydrogen-bond donors (Lipinski definition) is 1. The van der Waals surface area contributed by atoms with Crippen molar-refractivity contribution in [2.24, 2.45) is 4.99 Å². The lowest BCUT2D eigenvalue weighted by Crippen LogP contribution is -2.56. The Labute approximate surface area is 314 Å². The Morgan fingerprint density at radius 1 is 0.860 bits per heavy atom. The topological polar surface area (TPSA) is 77.5 Å². The van der Waals surface area contributed by atoms with Gasteiger partial charge in [-0.05, 0) is 86.2 Å². The van der Waals surface area contributed by atoms with Crippen LogP contribution in [0.1, 0.15) is 90.2 Å². The number of piperazine rings is 1. The van der Waals surface area contributed by atoms with Crippen LogP contribution in [0.3, 0.4) is 0 Å². The number of aliphatic imine (C=N–C) groups is 1. The van der Waals surface area contributed by atoms with Gasteiger partial charge in [0.25, 0.3) is 0 Å². The van der Waals surface area contributed by atoms with Gasteiger partial charge in [0, 0.05) is 41.8 Å². The lowest BCUT2D eigenvalue weighted by Gasteiger charge is -2.39. The van der Waals surface area contributed by atoms with E-state index in [1.165, 1.54) is 0 Å². The average Bonchev–Trinajstić information content (AvgIpc) is 3.41. The third kappa shape index (κ3) is 9.72. The van der Waals surface area contributed by atoms with Crippen LogP contribution in [-0.4, -0.2) is 77.3 Å². The van der Waals surface area contributed by atoms with Crippen molar-refractivity contribution >= 4 is 53.4 Å². The van der Waals surface area contributed by atoms with Crippen molar-refractivity contribution in [3.63, 3.8) is 0 Å². The maximum atomic E-state index is 14.9. The molecule has 0 aromatic heterocycles. The molecule has 272 valence electrons. The van der Waals surface area contributed by atoms with Crippen LogP contribution in [0, 0.1) is 0 Å². The van der Waals surface area contributed by atoms with Gasteiger partial charge in [0.15, 0.2) is 0 Å². The molecule has 0 bridgehead atoms. The fourth-order valence-electron chi connectivity index (χ4n) is 6.21. The molecule has 1 fully saturated rings. The number of halogens is 3. The number of urea groups is 1. The Morgan fingerprint density at radius 2 is 1.42 bits per heavy atom. The summed E-state index contributed by atoms with van der Waals surface area (Å²) in [6.45, 7) is 17.3. The lowest BCUT2D eigenvalue weighted by atomic mass is 9.86. The van der Waals surface area contributed by atoms with Crippen LogP contribution in [0.4, 0.5) is 4.79 Å². The minimum Gasteiger partial charge on any atom is -0.493 e. The van der Waals surface area contributed by atoms with Crippen molar-refractivity contribution in [1.82, 2.24) is 20.0 Å². The number of amides is 3. The molecule has 3 aromatic carbocycles. The number of nitrogens with zero attached hydrogens (tertiary/aromatic N) is 4. The Bertz CT molecular complexity index is 1640. The normalized spacial score (nSPS) is 18.1. The molecule has 0 aliphatic carbocycles. The second-order valence-electron chi connectivity index (χ2n) is 14.6.